The van der Waals surface area contributed by atoms with Crippen LogP contribution in [0.5, 0.6) is 0 Å². The average molecular weight is 291 g/mol. The Labute approximate surface area is 125 Å². The van der Waals surface area contributed by atoms with Gasteiger partial charge in [-0.3, -0.25) is 4.79 Å². The fourth-order valence-electron chi connectivity index (χ4n) is 1.78. The van der Waals surface area contributed by atoms with Crippen LogP contribution in [0.2, 0.25) is 0 Å². The summed E-state index contributed by atoms with van der Waals surface area (Å²) in [6, 6.07) is 4.28. The van der Waals surface area contributed by atoms with Crippen molar-refractivity contribution in [3.63, 3.8) is 0 Å². The first-order chi connectivity index (χ1) is 9.99. The summed E-state index contributed by atoms with van der Waals surface area (Å²) in [5.74, 6) is 4.80. The predicted molar refractivity (Wildman–Crippen MR) is 81.4 cm³/mol. The highest BCUT2D eigenvalue weighted by atomic mass is 19.1. The van der Waals surface area contributed by atoms with Gasteiger partial charge in [0.05, 0.1) is 12.2 Å². The Morgan fingerprint density at radius 3 is 2.71 bits per heavy atom. The van der Waals surface area contributed by atoms with E-state index in [0.29, 0.717) is 17.9 Å². The number of hydrogen-bond donors (Lipinski definition) is 2. The minimum atomic E-state index is -0.584. The van der Waals surface area contributed by atoms with Crippen molar-refractivity contribution in [2.24, 2.45) is 5.92 Å². The molecule has 21 heavy (non-hydrogen) atoms. The Hall–Kier alpha value is -1.86. The molecule has 1 aromatic rings. The van der Waals surface area contributed by atoms with Crippen LogP contribution in [0.4, 0.5) is 4.39 Å². The van der Waals surface area contributed by atoms with Crippen molar-refractivity contribution >= 4 is 5.91 Å². The molecule has 0 aliphatic rings. The summed E-state index contributed by atoms with van der Waals surface area (Å²) in [6.07, 6.45) is 1.29. The molecule has 0 aromatic heterocycles. The molecule has 4 heteroatoms. The Morgan fingerprint density at radius 1 is 1.43 bits per heavy atom. The van der Waals surface area contributed by atoms with Crippen molar-refractivity contribution in [2.75, 3.05) is 6.61 Å². The first kappa shape index (κ1) is 17.2. The molecule has 1 aromatic carbocycles. The fraction of sp³-hybridized carbons (Fsp3) is 0.471. The van der Waals surface area contributed by atoms with Crippen molar-refractivity contribution < 1.29 is 14.3 Å². The largest absolute Gasteiger partial charge is 0.395 e. The molecule has 3 nitrogen and oxygen atoms in total. The van der Waals surface area contributed by atoms with E-state index >= 15 is 0 Å². The Bertz CT molecular complexity index is 545. The predicted octanol–water partition coefficient (Wildman–Crippen LogP) is 2.72. The van der Waals surface area contributed by atoms with Crippen LogP contribution < -0.4 is 5.32 Å². The van der Waals surface area contributed by atoms with E-state index in [1.54, 1.807) is 6.07 Å². The van der Waals surface area contributed by atoms with Crippen molar-refractivity contribution in [3.8, 4) is 11.8 Å². The highest BCUT2D eigenvalue weighted by Gasteiger charge is 2.17. The van der Waals surface area contributed by atoms with Gasteiger partial charge in [-0.05, 0) is 31.0 Å². The quantitative estimate of drug-likeness (QED) is 0.820. The summed E-state index contributed by atoms with van der Waals surface area (Å²) >= 11 is 0. The summed E-state index contributed by atoms with van der Waals surface area (Å²) < 4.78 is 14.0. The lowest BCUT2D eigenvalue weighted by Crippen LogP contribution is -2.37. The number of amides is 1. The van der Waals surface area contributed by atoms with Crippen LogP contribution in [0.15, 0.2) is 18.2 Å². The molecule has 0 spiro atoms. The minimum Gasteiger partial charge on any atom is -0.395 e. The molecular weight excluding hydrogens is 269 g/mol. The topological polar surface area (TPSA) is 49.3 Å². The van der Waals surface area contributed by atoms with Gasteiger partial charge in [0, 0.05) is 18.0 Å². The number of halogens is 1. The van der Waals surface area contributed by atoms with Crippen molar-refractivity contribution in [3.05, 3.63) is 35.1 Å². The highest BCUT2D eigenvalue weighted by Crippen LogP contribution is 2.12. The molecule has 0 saturated heterocycles. The summed E-state index contributed by atoms with van der Waals surface area (Å²) in [4.78, 5) is 12.0. The molecule has 1 rings (SSSR count). The zero-order valence-electron chi connectivity index (χ0n) is 12.7. The number of aliphatic hydroxyl groups excluding tert-OH is 1. The van der Waals surface area contributed by atoms with Gasteiger partial charge in [-0.25, -0.2) is 4.39 Å². The minimum absolute atomic E-state index is 0.00841. The zero-order valence-corrected chi connectivity index (χ0v) is 12.7. The van der Waals surface area contributed by atoms with Gasteiger partial charge in [-0.2, -0.15) is 0 Å². The van der Waals surface area contributed by atoms with Crippen LogP contribution >= 0.6 is 0 Å². The molecule has 0 aliphatic carbocycles. The molecule has 0 heterocycles. The SMILES string of the molecule is CCC(C)C(C)NC(=O)c1ccc(C#CCCO)cc1F. The number of benzene rings is 1. The molecule has 2 atom stereocenters. The summed E-state index contributed by atoms with van der Waals surface area (Å²) in [5.41, 5.74) is 0.519. The van der Waals surface area contributed by atoms with Gasteiger partial charge in [-0.15, -0.1) is 0 Å². The second-order valence-electron chi connectivity index (χ2n) is 5.12. The maximum atomic E-state index is 14.0. The number of aliphatic hydroxyl groups is 1. The molecule has 0 bridgehead atoms. The van der Waals surface area contributed by atoms with Crippen LogP contribution in [0.3, 0.4) is 0 Å². The lowest BCUT2D eigenvalue weighted by Gasteiger charge is -2.20. The fourth-order valence-corrected chi connectivity index (χ4v) is 1.78. The molecule has 0 saturated carbocycles. The van der Waals surface area contributed by atoms with Crippen LogP contribution in [0, 0.1) is 23.6 Å². The Balaban J connectivity index is 2.81. The van der Waals surface area contributed by atoms with E-state index in [9.17, 15) is 9.18 Å². The molecule has 2 N–H and O–H groups in total. The van der Waals surface area contributed by atoms with E-state index in [0.717, 1.165) is 6.42 Å². The number of rotatable bonds is 5. The van der Waals surface area contributed by atoms with Gasteiger partial charge < -0.3 is 10.4 Å². The molecular formula is C17H22FNO2. The molecule has 0 fully saturated rings. The summed E-state index contributed by atoms with van der Waals surface area (Å²) in [5, 5.41) is 11.4. The molecule has 0 radical (unpaired) electrons. The number of hydrogen-bond acceptors (Lipinski definition) is 2. The van der Waals surface area contributed by atoms with Gasteiger partial charge in [0.2, 0.25) is 0 Å². The number of nitrogens with one attached hydrogen (secondary N) is 1. The molecule has 114 valence electrons. The van der Waals surface area contributed by atoms with E-state index in [1.807, 2.05) is 20.8 Å². The maximum absolute atomic E-state index is 14.0. The van der Waals surface area contributed by atoms with Gasteiger partial charge >= 0.3 is 0 Å². The van der Waals surface area contributed by atoms with E-state index in [1.165, 1.54) is 12.1 Å². The third-order valence-electron chi connectivity index (χ3n) is 3.54. The second-order valence-corrected chi connectivity index (χ2v) is 5.12. The van der Waals surface area contributed by atoms with Gasteiger partial charge in [-0.1, -0.05) is 32.1 Å². The average Bonchev–Trinajstić information content (AvgIpc) is 2.46. The van der Waals surface area contributed by atoms with Crippen LogP contribution in [-0.2, 0) is 0 Å². The van der Waals surface area contributed by atoms with Gasteiger partial charge in [0.25, 0.3) is 5.91 Å². The maximum Gasteiger partial charge on any atom is 0.254 e. The van der Waals surface area contributed by atoms with E-state index in [-0.39, 0.29) is 18.2 Å². The molecule has 0 aliphatic heterocycles. The first-order valence-electron chi connectivity index (χ1n) is 7.19. The molecule has 1 amide bonds. The monoisotopic (exact) mass is 291 g/mol. The van der Waals surface area contributed by atoms with Crippen LogP contribution in [0.1, 0.15) is 49.5 Å². The smallest absolute Gasteiger partial charge is 0.254 e. The summed E-state index contributed by atoms with van der Waals surface area (Å²) in [6.45, 7) is 5.98. The van der Waals surface area contributed by atoms with Crippen molar-refractivity contribution in [1.82, 2.24) is 5.32 Å². The summed E-state index contributed by atoms with van der Waals surface area (Å²) in [7, 11) is 0. The second kappa shape index (κ2) is 8.43. The standard InChI is InChI=1S/C17H22FNO2/c1-4-12(2)13(3)19-17(21)15-9-8-14(11-16(15)18)7-5-6-10-20/h8-9,11-13,20H,4,6,10H2,1-3H3,(H,19,21). The number of carbonyl (C=O) groups is 1. The van der Waals surface area contributed by atoms with E-state index < -0.39 is 11.7 Å². The normalized spacial score (nSPS) is 13.0. The zero-order chi connectivity index (χ0) is 15.8. The lowest BCUT2D eigenvalue weighted by atomic mass is 10.0. The molecule has 2 unspecified atom stereocenters. The Morgan fingerprint density at radius 2 is 2.14 bits per heavy atom. The number of carbonyl (C=O) groups excluding carboxylic acids is 1. The van der Waals surface area contributed by atoms with Crippen molar-refractivity contribution in [2.45, 2.75) is 39.7 Å². The van der Waals surface area contributed by atoms with E-state index in [2.05, 4.69) is 17.2 Å². The van der Waals surface area contributed by atoms with Gasteiger partial charge in [0.15, 0.2) is 0 Å². The van der Waals surface area contributed by atoms with Crippen LogP contribution in [-0.4, -0.2) is 23.7 Å². The van der Waals surface area contributed by atoms with Crippen LogP contribution in [0.25, 0.3) is 0 Å². The highest BCUT2D eigenvalue weighted by molar-refractivity contribution is 5.94. The lowest BCUT2D eigenvalue weighted by molar-refractivity contribution is 0.0924. The third kappa shape index (κ3) is 5.20. The van der Waals surface area contributed by atoms with Gasteiger partial charge in [0.1, 0.15) is 5.82 Å². The third-order valence-corrected chi connectivity index (χ3v) is 3.54. The first-order valence-corrected chi connectivity index (χ1v) is 7.19. The Kier molecular flexibility index (Phi) is 6.90. The van der Waals surface area contributed by atoms with Crippen molar-refractivity contribution in [1.29, 1.82) is 0 Å². The van der Waals surface area contributed by atoms with E-state index in [4.69, 9.17) is 5.11 Å².